The molecule has 0 spiro atoms. The average molecular weight is 513 g/mol. The van der Waals surface area contributed by atoms with Crippen LogP contribution in [0.15, 0.2) is 24.7 Å². The lowest BCUT2D eigenvalue weighted by atomic mass is 10.3. The highest BCUT2D eigenvalue weighted by molar-refractivity contribution is 6.05. The van der Waals surface area contributed by atoms with Gasteiger partial charge in [-0.25, -0.2) is 9.97 Å². The van der Waals surface area contributed by atoms with Gasteiger partial charge in [-0.1, -0.05) is 0 Å². The van der Waals surface area contributed by atoms with Crippen molar-refractivity contribution >= 4 is 41.0 Å². The Hall–Kier alpha value is -4.46. The van der Waals surface area contributed by atoms with E-state index < -0.39 is 11.8 Å². The van der Waals surface area contributed by atoms with E-state index in [1.807, 2.05) is 19.0 Å². The number of aromatic nitrogens is 5. The molecule has 14 nitrogen and oxygen atoms in total. The van der Waals surface area contributed by atoms with Gasteiger partial charge in [0.1, 0.15) is 5.69 Å². The number of carbonyl (C=O) groups is 4. The SMILES string of the molecule is CC(=O)Nc1cn(C)c(C(=O)Nc2cn(C)c(C(=O)Nc3cc(C(=O)NCCCN(C)C)n(C)c3)n2)n1. The molecule has 0 atom stereocenters. The Balaban J connectivity index is 1.63. The summed E-state index contributed by atoms with van der Waals surface area (Å²) in [6.45, 7) is 2.74. The Labute approximate surface area is 214 Å². The first kappa shape index (κ1) is 27.1. The summed E-state index contributed by atoms with van der Waals surface area (Å²) in [4.78, 5) is 59.6. The predicted octanol–water partition coefficient (Wildman–Crippen LogP) is 0.637. The summed E-state index contributed by atoms with van der Waals surface area (Å²) in [6.07, 6.45) is 5.45. The van der Waals surface area contributed by atoms with E-state index >= 15 is 0 Å². The highest BCUT2D eigenvalue weighted by atomic mass is 16.2. The number of aryl methyl sites for hydroxylation is 3. The monoisotopic (exact) mass is 512 g/mol. The van der Waals surface area contributed by atoms with Crippen molar-refractivity contribution in [1.29, 1.82) is 0 Å². The smallest absolute Gasteiger partial charge is 0.292 e. The molecule has 0 saturated heterocycles. The summed E-state index contributed by atoms with van der Waals surface area (Å²) in [5.74, 6) is -1.13. The first-order valence-corrected chi connectivity index (χ1v) is 11.5. The summed E-state index contributed by atoms with van der Waals surface area (Å²) in [5, 5.41) is 10.7. The second-order valence-electron chi connectivity index (χ2n) is 8.85. The Kier molecular flexibility index (Phi) is 8.45. The summed E-state index contributed by atoms with van der Waals surface area (Å²) in [5.41, 5.74) is 0.833. The van der Waals surface area contributed by atoms with Gasteiger partial charge in [-0.3, -0.25) is 19.2 Å². The summed E-state index contributed by atoms with van der Waals surface area (Å²) < 4.78 is 4.55. The van der Waals surface area contributed by atoms with E-state index in [4.69, 9.17) is 0 Å². The number of rotatable bonds is 10. The number of hydrogen-bond donors (Lipinski definition) is 4. The van der Waals surface area contributed by atoms with Gasteiger partial charge in [-0.2, -0.15) is 0 Å². The topological polar surface area (TPSA) is 160 Å². The molecule has 0 saturated carbocycles. The summed E-state index contributed by atoms with van der Waals surface area (Å²) in [6, 6.07) is 1.58. The second kappa shape index (κ2) is 11.5. The van der Waals surface area contributed by atoms with Crippen LogP contribution in [-0.4, -0.2) is 79.4 Å². The lowest BCUT2D eigenvalue weighted by molar-refractivity contribution is -0.114. The number of hydrogen-bond acceptors (Lipinski definition) is 7. The van der Waals surface area contributed by atoms with Crippen LogP contribution in [-0.2, 0) is 25.9 Å². The summed E-state index contributed by atoms with van der Waals surface area (Å²) in [7, 11) is 8.89. The molecule has 3 heterocycles. The molecule has 0 radical (unpaired) electrons. The van der Waals surface area contributed by atoms with Crippen molar-refractivity contribution in [3.8, 4) is 0 Å². The molecule has 0 aliphatic heterocycles. The van der Waals surface area contributed by atoms with Crippen molar-refractivity contribution in [2.45, 2.75) is 13.3 Å². The largest absolute Gasteiger partial charge is 0.351 e. The fourth-order valence-corrected chi connectivity index (χ4v) is 3.56. The minimum atomic E-state index is -0.562. The molecule has 198 valence electrons. The highest BCUT2D eigenvalue weighted by Gasteiger charge is 2.20. The molecule has 0 aromatic carbocycles. The molecular weight excluding hydrogens is 480 g/mol. The van der Waals surface area contributed by atoms with Crippen LogP contribution in [0.5, 0.6) is 0 Å². The fraction of sp³-hybridized carbons (Fsp3) is 0.391. The molecule has 37 heavy (non-hydrogen) atoms. The van der Waals surface area contributed by atoms with Crippen LogP contribution in [0, 0.1) is 0 Å². The predicted molar refractivity (Wildman–Crippen MR) is 138 cm³/mol. The maximum atomic E-state index is 12.9. The van der Waals surface area contributed by atoms with E-state index in [1.165, 1.54) is 28.5 Å². The van der Waals surface area contributed by atoms with Crippen LogP contribution in [0.1, 0.15) is 45.1 Å². The standard InChI is InChI=1S/C23H32N10O4/c1-14(34)25-17-12-32(5)20(27-17)23(37)29-18-13-33(6)19(28-18)22(36)26-15-10-16(31(4)11-15)21(35)24-8-7-9-30(2)3/h10-13H,7-9H2,1-6H3,(H,24,35)(H,25,34)(H,26,36)(H,29,37). The van der Waals surface area contributed by atoms with Crippen molar-refractivity contribution in [3.63, 3.8) is 0 Å². The molecule has 14 heteroatoms. The third kappa shape index (κ3) is 7.04. The molecule has 0 bridgehead atoms. The molecule has 3 rings (SSSR count). The van der Waals surface area contributed by atoms with Gasteiger partial charge in [0.25, 0.3) is 17.7 Å². The number of nitrogens with zero attached hydrogens (tertiary/aromatic N) is 6. The van der Waals surface area contributed by atoms with Crippen LogP contribution >= 0.6 is 0 Å². The van der Waals surface area contributed by atoms with E-state index in [1.54, 1.807) is 38.0 Å². The third-order valence-corrected chi connectivity index (χ3v) is 5.27. The first-order valence-electron chi connectivity index (χ1n) is 11.5. The van der Waals surface area contributed by atoms with Gasteiger partial charge < -0.3 is 39.9 Å². The van der Waals surface area contributed by atoms with E-state index in [2.05, 4.69) is 31.2 Å². The third-order valence-electron chi connectivity index (χ3n) is 5.27. The number of carbonyl (C=O) groups excluding carboxylic acids is 4. The number of amides is 4. The fourth-order valence-electron chi connectivity index (χ4n) is 3.56. The summed E-state index contributed by atoms with van der Waals surface area (Å²) >= 11 is 0. The van der Waals surface area contributed by atoms with Gasteiger partial charge in [0, 0.05) is 53.2 Å². The zero-order valence-electron chi connectivity index (χ0n) is 21.7. The van der Waals surface area contributed by atoms with E-state index in [9.17, 15) is 19.2 Å². The Morgan fingerprint density at radius 1 is 0.811 bits per heavy atom. The Morgan fingerprint density at radius 3 is 1.95 bits per heavy atom. The van der Waals surface area contributed by atoms with Crippen LogP contribution in [0.3, 0.4) is 0 Å². The lowest BCUT2D eigenvalue weighted by Crippen LogP contribution is -2.28. The zero-order valence-corrected chi connectivity index (χ0v) is 21.7. The van der Waals surface area contributed by atoms with Crippen LogP contribution in [0.2, 0.25) is 0 Å². The second-order valence-corrected chi connectivity index (χ2v) is 8.85. The molecule has 0 aliphatic rings. The number of imidazole rings is 2. The zero-order chi connectivity index (χ0) is 27.3. The number of nitrogens with one attached hydrogen (secondary N) is 4. The van der Waals surface area contributed by atoms with Crippen LogP contribution in [0.25, 0.3) is 0 Å². The lowest BCUT2D eigenvalue weighted by Gasteiger charge is -2.10. The van der Waals surface area contributed by atoms with Gasteiger partial charge in [-0.15, -0.1) is 0 Å². The molecule has 0 aliphatic carbocycles. The van der Waals surface area contributed by atoms with Gasteiger partial charge in [0.05, 0.1) is 5.69 Å². The molecule has 3 aromatic heterocycles. The van der Waals surface area contributed by atoms with Gasteiger partial charge in [-0.05, 0) is 33.1 Å². The molecular formula is C23H32N10O4. The first-order chi connectivity index (χ1) is 17.4. The van der Waals surface area contributed by atoms with Crippen LogP contribution in [0.4, 0.5) is 17.3 Å². The van der Waals surface area contributed by atoms with E-state index in [0.717, 1.165) is 13.0 Å². The van der Waals surface area contributed by atoms with Crippen molar-refractivity contribution < 1.29 is 19.2 Å². The van der Waals surface area contributed by atoms with E-state index in [-0.39, 0.29) is 35.1 Å². The maximum absolute atomic E-state index is 12.9. The van der Waals surface area contributed by atoms with Crippen molar-refractivity contribution in [3.05, 3.63) is 42.0 Å². The van der Waals surface area contributed by atoms with Gasteiger partial charge in [0.15, 0.2) is 11.6 Å². The van der Waals surface area contributed by atoms with Crippen molar-refractivity contribution in [1.82, 2.24) is 33.9 Å². The normalized spacial score (nSPS) is 10.9. The highest BCUT2D eigenvalue weighted by Crippen LogP contribution is 2.16. The quantitative estimate of drug-likeness (QED) is 0.290. The molecule has 4 N–H and O–H groups in total. The van der Waals surface area contributed by atoms with E-state index in [0.29, 0.717) is 17.9 Å². The minimum Gasteiger partial charge on any atom is -0.351 e. The van der Waals surface area contributed by atoms with Gasteiger partial charge >= 0.3 is 0 Å². The van der Waals surface area contributed by atoms with Crippen LogP contribution < -0.4 is 21.3 Å². The van der Waals surface area contributed by atoms with Crippen molar-refractivity contribution in [2.24, 2.45) is 21.1 Å². The Bertz CT molecular complexity index is 1320. The average Bonchev–Trinajstić information content (AvgIpc) is 3.46. The van der Waals surface area contributed by atoms with Crippen molar-refractivity contribution in [2.75, 3.05) is 43.1 Å². The van der Waals surface area contributed by atoms with Gasteiger partial charge in [0.2, 0.25) is 17.6 Å². The molecule has 0 unspecified atom stereocenters. The number of anilines is 3. The minimum absolute atomic E-state index is 0.0487. The molecule has 0 fully saturated rings. The maximum Gasteiger partial charge on any atom is 0.292 e. The molecule has 3 aromatic rings. The Morgan fingerprint density at radius 2 is 1.38 bits per heavy atom. The molecule has 4 amide bonds.